The Labute approximate surface area is 159 Å². The summed E-state index contributed by atoms with van der Waals surface area (Å²) in [5, 5.41) is 12.2. The van der Waals surface area contributed by atoms with E-state index in [4.69, 9.17) is 9.84 Å². The number of ether oxygens (including phenoxy) is 1. The van der Waals surface area contributed by atoms with Crippen molar-refractivity contribution in [2.75, 3.05) is 13.1 Å². The number of nitrogens with one attached hydrogen (secondary N) is 1. The molecule has 1 aromatic carbocycles. The molecule has 0 spiro atoms. The highest BCUT2D eigenvalue weighted by Crippen LogP contribution is 2.35. The number of benzene rings is 1. The van der Waals surface area contributed by atoms with Gasteiger partial charge in [0.1, 0.15) is 5.75 Å². The van der Waals surface area contributed by atoms with E-state index in [9.17, 15) is 9.59 Å². The van der Waals surface area contributed by atoms with Crippen LogP contribution in [0.3, 0.4) is 0 Å². The second-order valence-corrected chi connectivity index (χ2v) is 8.45. The predicted molar refractivity (Wildman–Crippen MR) is 101 cm³/mol. The summed E-state index contributed by atoms with van der Waals surface area (Å²) in [5.41, 5.74) is 3.49. The van der Waals surface area contributed by atoms with Crippen LogP contribution in [0.15, 0.2) is 12.1 Å². The number of carbonyl (C=O) groups excluding carboxylic acids is 1. The zero-order valence-corrected chi connectivity index (χ0v) is 16.0. The Bertz CT molecular complexity index is 722. The second kappa shape index (κ2) is 7.15. The van der Waals surface area contributed by atoms with E-state index >= 15 is 0 Å². The minimum Gasteiger partial charge on any atom is -0.480 e. The Morgan fingerprint density at radius 3 is 2.59 bits per heavy atom. The number of carbonyl (C=O) groups is 2. The Morgan fingerprint density at radius 2 is 1.93 bits per heavy atom. The molecule has 1 unspecified atom stereocenters. The third-order valence-electron chi connectivity index (χ3n) is 6.15. The van der Waals surface area contributed by atoms with Crippen LogP contribution in [-0.2, 0) is 16.0 Å². The van der Waals surface area contributed by atoms with E-state index < -0.39 is 12.1 Å². The number of aryl methyl sites for hydroxylation is 2. The van der Waals surface area contributed by atoms with Crippen molar-refractivity contribution in [1.82, 2.24) is 10.2 Å². The van der Waals surface area contributed by atoms with Gasteiger partial charge in [0.25, 0.3) is 5.91 Å². The molecule has 6 heteroatoms. The first-order valence-corrected chi connectivity index (χ1v) is 9.92. The van der Waals surface area contributed by atoms with E-state index in [0.717, 1.165) is 30.7 Å². The molecule has 2 saturated carbocycles. The van der Waals surface area contributed by atoms with Gasteiger partial charge in [0, 0.05) is 25.0 Å². The van der Waals surface area contributed by atoms with Crippen molar-refractivity contribution >= 4 is 11.9 Å². The largest absolute Gasteiger partial charge is 0.480 e. The van der Waals surface area contributed by atoms with E-state index in [1.54, 1.807) is 0 Å². The van der Waals surface area contributed by atoms with Crippen LogP contribution in [0, 0.1) is 19.8 Å². The highest BCUT2D eigenvalue weighted by molar-refractivity contribution is 5.83. The minimum atomic E-state index is -0.772. The van der Waals surface area contributed by atoms with Gasteiger partial charge in [-0.25, -0.2) is 0 Å². The molecule has 6 nitrogen and oxygen atoms in total. The minimum absolute atomic E-state index is 0.0584. The molecule has 0 saturated heterocycles. The predicted octanol–water partition coefficient (Wildman–Crippen LogP) is 2.05. The van der Waals surface area contributed by atoms with E-state index in [1.807, 2.05) is 13.0 Å². The lowest BCUT2D eigenvalue weighted by Crippen LogP contribution is -2.56. The van der Waals surface area contributed by atoms with Crippen LogP contribution in [0.2, 0.25) is 0 Å². The van der Waals surface area contributed by atoms with Gasteiger partial charge in [0.05, 0.1) is 6.54 Å². The summed E-state index contributed by atoms with van der Waals surface area (Å²) >= 11 is 0. The first-order chi connectivity index (χ1) is 12.9. The molecule has 1 amide bonds. The van der Waals surface area contributed by atoms with Crippen molar-refractivity contribution in [1.29, 1.82) is 0 Å². The van der Waals surface area contributed by atoms with E-state index in [2.05, 4.69) is 23.2 Å². The molecule has 3 aliphatic rings. The van der Waals surface area contributed by atoms with Gasteiger partial charge in [-0.2, -0.15) is 0 Å². The van der Waals surface area contributed by atoms with Crippen molar-refractivity contribution in [2.24, 2.45) is 5.92 Å². The van der Waals surface area contributed by atoms with Crippen molar-refractivity contribution in [3.63, 3.8) is 0 Å². The summed E-state index contributed by atoms with van der Waals surface area (Å²) in [5.74, 6) is 0.653. The van der Waals surface area contributed by atoms with Crippen molar-refractivity contribution in [2.45, 2.75) is 64.1 Å². The molecule has 0 aromatic heterocycles. The number of amides is 1. The molecule has 1 atom stereocenters. The molecule has 2 fully saturated rings. The third kappa shape index (κ3) is 4.10. The Balaban J connectivity index is 1.27. The van der Waals surface area contributed by atoms with Crippen LogP contribution in [0.4, 0.5) is 0 Å². The van der Waals surface area contributed by atoms with Crippen molar-refractivity contribution in [3.8, 4) is 5.75 Å². The summed E-state index contributed by atoms with van der Waals surface area (Å²) in [6.07, 6.45) is 4.23. The molecular formula is C21H28N2O4. The smallest absolute Gasteiger partial charge is 0.317 e. The second-order valence-electron chi connectivity index (χ2n) is 8.45. The molecule has 1 heterocycles. The summed E-state index contributed by atoms with van der Waals surface area (Å²) < 4.78 is 5.86. The summed E-state index contributed by atoms with van der Waals surface area (Å²) in [4.78, 5) is 25.8. The van der Waals surface area contributed by atoms with Crippen LogP contribution in [-0.4, -0.2) is 53.2 Å². The van der Waals surface area contributed by atoms with E-state index in [-0.39, 0.29) is 24.5 Å². The molecule has 1 aromatic rings. The fourth-order valence-electron chi connectivity index (χ4n) is 4.11. The fraction of sp³-hybridized carbons (Fsp3) is 0.619. The number of hydrogen-bond donors (Lipinski definition) is 2. The van der Waals surface area contributed by atoms with Gasteiger partial charge in [0.2, 0.25) is 0 Å². The summed E-state index contributed by atoms with van der Waals surface area (Å²) in [6.45, 7) is 5.09. The lowest BCUT2D eigenvalue weighted by Gasteiger charge is -2.43. The first kappa shape index (κ1) is 18.3. The van der Waals surface area contributed by atoms with Crippen LogP contribution in [0.5, 0.6) is 5.75 Å². The normalized spacial score (nSPS) is 26.3. The number of hydrogen-bond acceptors (Lipinski definition) is 4. The highest BCUT2D eigenvalue weighted by Gasteiger charge is 2.39. The van der Waals surface area contributed by atoms with E-state index in [0.29, 0.717) is 12.3 Å². The number of aliphatic carboxylic acids is 1. The SMILES string of the molecule is Cc1cc2c(cc1C)OC(C(=O)NC1CC(N(CC(=O)O)CC3CC3)C1)C2. The van der Waals surface area contributed by atoms with Crippen LogP contribution in [0.25, 0.3) is 0 Å². The van der Waals surface area contributed by atoms with Gasteiger partial charge in [-0.15, -0.1) is 0 Å². The number of fused-ring (bicyclic) bond motifs is 1. The zero-order chi connectivity index (χ0) is 19.1. The lowest BCUT2D eigenvalue weighted by atomic mass is 9.85. The van der Waals surface area contributed by atoms with Gasteiger partial charge in [-0.1, -0.05) is 6.07 Å². The van der Waals surface area contributed by atoms with Crippen LogP contribution in [0.1, 0.15) is 42.4 Å². The molecule has 146 valence electrons. The fourth-order valence-corrected chi connectivity index (χ4v) is 4.11. The maximum atomic E-state index is 12.6. The topological polar surface area (TPSA) is 78.9 Å². The Hall–Kier alpha value is -2.08. The van der Waals surface area contributed by atoms with Crippen molar-refractivity contribution < 1.29 is 19.4 Å². The Kier molecular flexibility index (Phi) is 4.84. The molecule has 4 rings (SSSR count). The highest BCUT2D eigenvalue weighted by atomic mass is 16.5. The quantitative estimate of drug-likeness (QED) is 0.766. The van der Waals surface area contributed by atoms with Gasteiger partial charge in [-0.3, -0.25) is 14.5 Å². The molecule has 0 radical (unpaired) electrons. The lowest BCUT2D eigenvalue weighted by molar-refractivity contribution is -0.140. The van der Waals surface area contributed by atoms with Crippen molar-refractivity contribution in [3.05, 3.63) is 28.8 Å². The summed E-state index contributed by atoms with van der Waals surface area (Å²) in [6, 6.07) is 4.51. The zero-order valence-electron chi connectivity index (χ0n) is 16.0. The molecule has 1 aliphatic heterocycles. The number of carboxylic acid groups (broad SMARTS) is 1. The number of carboxylic acids is 1. The molecule has 0 bridgehead atoms. The summed E-state index contributed by atoms with van der Waals surface area (Å²) in [7, 11) is 0. The van der Waals surface area contributed by atoms with E-state index in [1.165, 1.54) is 24.0 Å². The van der Waals surface area contributed by atoms with Gasteiger partial charge in [-0.05, 0) is 68.2 Å². The number of nitrogens with zero attached hydrogens (tertiary/aromatic N) is 1. The standard InChI is InChI=1S/C21H28N2O4/c1-12-5-15-7-19(27-18(15)6-13(12)2)21(26)22-16-8-17(9-16)23(11-20(24)25)10-14-3-4-14/h5-6,14,16-17,19H,3-4,7-11H2,1-2H3,(H,22,26)(H,24,25). The molecular weight excluding hydrogens is 344 g/mol. The molecule has 27 heavy (non-hydrogen) atoms. The van der Waals surface area contributed by atoms with Gasteiger partial charge < -0.3 is 15.2 Å². The monoisotopic (exact) mass is 372 g/mol. The van der Waals surface area contributed by atoms with Gasteiger partial charge >= 0.3 is 5.97 Å². The Morgan fingerprint density at radius 1 is 1.22 bits per heavy atom. The third-order valence-corrected chi connectivity index (χ3v) is 6.15. The molecule has 2 aliphatic carbocycles. The number of rotatable bonds is 7. The van der Waals surface area contributed by atoms with Gasteiger partial charge in [0.15, 0.2) is 6.10 Å². The maximum absolute atomic E-state index is 12.6. The maximum Gasteiger partial charge on any atom is 0.317 e. The van der Waals surface area contributed by atoms with Crippen LogP contribution >= 0.6 is 0 Å². The molecule has 2 N–H and O–H groups in total. The average molecular weight is 372 g/mol. The average Bonchev–Trinajstić information content (AvgIpc) is 3.28. The first-order valence-electron chi connectivity index (χ1n) is 9.92. The van der Waals surface area contributed by atoms with Crippen LogP contribution < -0.4 is 10.1 Å².